The van der Waals surface area contributed by atoms with Crippen LogP contribution in [0.4, 0.5) is 5.69 Å². The number of hydrogen-bond donors (Lipinski definition) is 2. The van der Waals surface area contributed by atoms with Crippen molar-refractivity contribution in [3.8, 4) is 0 Å². The molecule has 1 fully saturated rings. The van der Waals surface area contributed by atoms with Crippen LogP contribution < -0.4 is 5.32 Å². The predicted molar refractivity (Wildman–Crippen MR) is 100 cm³/mol. The smallest absolute Gasteiger partial charge is 0.338 e. The van der Waals surface area contributed by atoms with Crippen molar-refractivity contribution in [3.05, 3.63) is 29.3 Å². The summed E-state index contributed by atoms with van der Waals surface area (Å²) in [5.41, 5.74) is 0.413. The van der Waals surface area contributed by atoms with Gasteiger partial charge in [0.15, 0.2) is 0 Å². The highest BCUT2D eigenvalue weighted by Gasteiger charge is 2.35. The topological polar surface area (TPSA) is 119 Å². The van der Waals surface area contributed by atoms with Crippen LogP contribution >= 0.6 is 0 Å². The van der Waals surface area contributed by atoms with Gasteiger partial charge in [-0.15, -0.1) is 0 Å². The average Bonchev–Trinajstić information content (AvgIpc) is 2.68. The number of esters is 2. The SMILES string of the molecule is CCOC(=O)c1cc(NC(=O)[C@H]2CCCC[C@@H]2C(=O)O)cc(C(=O)OCC)c1. The van der Waals surface area contributed by atoms with Crippen molar-refractivity contribution in [1.82, 2.24) is 0 Å². The number of nitrogens with one attached hydrogen (secondary N) is 1. The molecule has 8 nitrogen and oxygen atoms in total. The number of hydrogen-bond acceptors (Lipinski definition) is 6. The highest BCUT2D eigenvalue weighted by Crippen LogP contribution is 2.31. The molecule has 0 radical (unpaired) electrons. The molecule has 2 rings (SSSR count). The molecular weight excluding hydrogens is 366 g/mol. The number of aliphatic carboxylic acids is 1. The van der Waals surface area contributed by atoms with Gasteiger partial charge in [0.25, 0.3) is 0 Å². The summed E-state index contributed by atoms with van der Waals surface area (Å²) in [5, 5.41) is 12.0. The highest BCUT2D eigenvalue weighted by atomic mass is 16.5. The number of rotatable bonds is 7. The molecule has 28 heavy (non-hydrogen) atoms. The van der Waals surface area contributed by atoms with Crippen LogP contribution in [-0.2, 0) is 19.1 Å². The Bertz CT molecular complexity index is 723. The zero-order valence-corrected chi connectivity index (χ0v) is 16.0. The first kappa shape index (κ1) is 21.4. The Morgan fingerprint density at radius 1 is 0.929 bits per heavy atom. The first-order chi connectivity index (χ1) is 13.4. The summed E-state index contributed by atoms with van der Waals surface area (Å²) in [5.74, 6) is -4.11. The van der Waals surface area contributed by atoms with Gasteiger partial charge in [0, 0.05) is 5.69 Å². The number of carbonyl (C=O) groups is 4. The van der Waals surface area contributed by atoms with E-state index in [4.69, 9.17) is 9.47 Å². The van der Waals surface area contributed by atoms with E-state index in [1.54, 1.807) is 13.8 Å². The minimum absolute atomic E-state index is 0.0983. The van der Waals surface area contributed by atoms with E-state index in [1.165, 1.54) is 18.2 Å². The van der Waals surface area contributed by atoms with Gasteiger partial charge in [-0.3, -0.25) is 9.59 Å². The molecule has 2 N–H and O–H groups in total. The van der Waals surface area contributed by atoms with E-state index in [0.717, 1.165) is 12.8 Å². The van der Waals surface area contributed by atoms with Gasteiger partial charge in [-0.05, 0) is 44.9 Å². The maximum atomic E-state index is 12.7. The molecule has 0 saturated heterocycles. The zero-order chi connectivity index (χ0) is 20.7. The average molecular weight is 391 g/mol. The molecule has 1 aromatic rings. The molecule has 0 heterocycles. The Balaban J connectivity index is 2.29. The molecule has 1 aliphatic carbocycles. The first-order valence-corrected chi connectivity index (χ1v) is 9.40. The molecule has 8 heteroatoms. The number of anilines is 1. The Labute approximate surface area is 163 Å². The first-order valence-electron chi connectivity index (χ1n) is 9.40. The Kier molecular flexibility index (Phi) is 7.54. The molecule has 0 aliphatic heterocycles. The number of amides is 1. The van der Waals surface area contributed by atoms with E-state index >= 15 is 0 Å². The standard InChI is InChI=1S/C20H25NO7/c1-3-27-19(25)12-9-13(20(26)28-4-2)11-14(10-12)21-17(22)15-7-5-6-8-16(15)18(23)24/h9-11,15-16H,3-8H2,1-2H3,(H,21,22)(H,23,24)/t15-,16-/m0/s1. The van der Waals surface area contributed by atoms with E-state index in [9.17, 15) is 24.3 Å². The lowest BCUT2D eigenvalue weighted by molar-refractivity contribution is -0.147. The van der Waals surface area contributed by atoms with Crippen LogP contribution in [0.2, 0.25) is 0 Å². The molecule has 1 saturated carbocycles. The van der Waals surface area contributed by atoms with E-state index in [2.05, 4.69) is 5.32 Å². The van der Waals surface area contributed by atoms with Gasteiger partial charge in [-0.1, -0.05) is 12.8 Å². The van der Waals surface area contributed by atoms with Gasteiger partial charge in [0.2, 0.25) is 5.91 Å². The van der Waals surface area contributed by atoms with Gasteiger partial charge in [0.1, 0.15) is 0 Å². The fourth-order valence-electron chi connectivity index (χ4n) is 3.34. The largest absolute Gasteiger partial charge is 0.481 e. The lowest BCUT2D eigenvalue weighted by atomic mass is 9.78. The third-order valence-corrected chi connectivity index (χ3v) is 4.64. The van der Waals surface area contributed by atoms with E-state index in [-0.39, 0.29) is 30.0 Å². The van der Waals surface area contributed by atoms with Crippen molar-refractivity contribution in [3.63, 3.8) is 0 Å². The summed E-state index contributed by atoms with van der Waals surface area (Å²) >= 11 is 0. The molecule has 0 spiro atoms. The monoisotopic (exact) mass is 391 g/mol. The second-order valence-corrected chi connectivity index (χ2v) is 6.56. The maximum absolute atomic E-state index is 12.7. The normalized spacial score (nSPS) is 18.8. The summed E-state index contributed by atoms with van der Waals surface area (Å²) in [6.45, 7) is 3.63. The van der Waals surface area contributed by atoms with E-state index in [0.29, 0.717) is 12.8 Å². The summed E-state index contributed by atoms with van der Waals surface area (Å²) < 4.78 is 9.93. The van der Waals surface area contributed by atoms with Crippen LogP contribution in [0.25, 0.3) is 0 Å². The zero-order valence-electron chi connectivity index (χ0n) is 16.0. The van der Waals surface area contributed by atoms with Gasteiger partial charge in [-0.25, -0.2) is 9.59 Å². The van der Waals surface area contributed by atoms with Crippen molar-refractivity contribution < 1.29 is 33.8 Å². The van der Waals surface area contributed by atoms with Gasteiger partial charge < -0.3 is 19.9 Å². The summed E-state index contributed by atoms with van der Waals surface area (Å²) in [6.07, 6.45) is 2.47. The number of benzene rings is 1. The lowest BCUT2D eigenvalue weighted by Crippen LogP contribution is -2.36. The van der Waals surface area contributed by atoms with Crippen molar-refractivity contribution >= 4 is 29.5 Å². The number of carboxylic acids is 1. The molecule has 0 unspecified atom stereocenters. The second kappa shape index (κ2) is 9.87. The van der Waals surface area contributed by atoms with Crippen LogP contribution in [0.15, 0.2) is 18.2 Å². The third-order valence-electron chi connectivity index (χ3n) is 4.64. The van der Waals surface area contributed by atoms with Crippen LogP contribution in [0, 0.1) is 11.8 Å². The maximum Gasteiger partial charge on any atom is 0.338 e. The molecule has 152 valence electrons. The lowest BCUT2D eigenvalue weighted by Gasteiger charge is -2.27. The minimum atomic E-state index is -0.993. The Morgan fingerprint density at radius 3 is 1.89 bits per heavy atom. The van der Waals surface area contributed by atoms with E-state index in [1.807, 2.05) is 0 Å². The summed E-state index contributed by atoms with van der Waals surface area (Å²) in [6, 6.07) is 4.14. The Hall–Kier alpha value is -2.90. The third kappa shape index (κ3) is 5.31. The number of carboxylic acid groups (broad SMARTS) is 1. The quantitative estimate of drug-likeness (QED) is 0.686. The van der Waals surface area contributed by atoms with Gasteiger partial charge in [-0.2, -0.15) is 0 Å². The van der Waals surface area contributed by atoms with Crippen LogP contribution in [0.1, 0.15) is 60.2 Å². The molecule has 1 amide bonds. The highest BCUT2D eigenvalue weighted by molar-refractivity contribution is 6.00. The molecule has 2 atom stereocenters. The fraction of sp³-hybridized carbons (Fsp3) is 0.500. The fourth-order valence-corrected chi connectivity index (χ4v) is 3.34. The van der Waals surface area contributed by atoms with E-state index < -0.39 is 35.7 Å². The summed E-state index contributed by atoms with van der Waals surface area (Å²) in [4.78, 5) is 48.3. The number of ether oxygens (including phenoxy) is 2. The molecule has 0 aromatic heterocycles. The van der Waals surface area contributed by atoms with Crippen molar-refractivity contribution in [2.45, 2.75) is 39.5 Å². The molecule has 1 aromatic carbocycles. The van der Waals surface area contributed by atoms with Crippen LogP contribution in [-0.4, -0.2) is 42.1 Å². The molecule has 0 bridgehead atoms. The van der Waals surface area contributed by atoms with Crippen molar-refractivity contribution in [1.29, 1.82) is 0 Å². The second-order valence-electron chi connectivity index (χ2n) is 6.56. The van der Waals surface area contributed by atoms with Crippen LogP contribution in [0.5, 0.6) is 0 Å². The predicted octanol–water partition coefficient (Wildman–Crippen LogP) is 2.87. The van der Waals surface area contributed by atoms with Crippen LogP contribution in [0.3, 0.4) is 0 Å². The van der Waals surface area contributed by atoms with Crippen molar-refractivity contribution in [2.75, 3.05) is 18.5 Å². The summed E-state index contributed by atoms with van der Waals surface area (Å²) in [7, 11) is 0. The number of carbonyl (C=O) groups excluding carboxylic acids is 3. The van der Waals surface area contributed by atoms with Crippen molar-refractivity contribution in [2.24, 2.45) is 11.8 Å². The molecular formula is C20H25NO7. The molecule has 1 aliphatic rings. The Morgan fingerprint density at radius 2 is 1.43 bits per heavy atom. The van der Waals surface area contributed by atoms with Gasteiger partial charge >= 0.3 is 17.9 Å². The van der Waals surface area contributed by atoms with Gasteiger partial charge in [0.05, 0.1) is 36.2 Å². The minimum Gasteiger partial charge on any atom is -0.481 e.